The number of benzene rings is 2. The predicted molar refractivity (Wildman–Crippen MR) is 162 cm³/mol. The van der Waals surface area contributed by atoms with Gasteiger partial charge in [-0.3, -0.25) is 14.5 Å². The average Bonchev–Trinajstić information content (AvgIpc) is 2.92. The number of amides is 1. The fourth-order valence-corrected chi connectivity index (χ4v) is 7.00. The highest BCUT2D eigenvalue weighted by Crippen LogP contribution is 2.39. The van der Waals surface area contributed by atoms with Gasteiger partial charge in [-0.2, -0.15) is 5.48 Å². The first-order valence-electron chi connectivity index (χ1n) is 14.7. The number of aliphatic hydroxyl groups excluding tert-OH is 1. The SMILES string of the molecule is Cc1c(O)cccc1C(=O)N[C@@H](CSc1ccccc1)[C@H](O)CN1C[C@H]2CCCC[C@H]2C[C@H]1CONC(C)(C)C. The van der Waals surface area contributed by atoms with Gasteiger partial charge >= 0.3 is 0 Å². The summed E-state index contributed by atoms with van der Waals surface area (Å²) in [5.74, 6) is 1.69. The molecule has 1 aliphatic heterocycles. The first kappa shape index (κ1) is 30.8. The number of β-amino-alcohol motifs (C(OH)–C–C–N with tert-alkyl or cyclic N) is 1. The van der Waals surface area contributed by atoms with E-state index in [4.69, 9.17) is 4.84 Å². The van der Waals surface area contributed by atoms with Crippen LogP contribution >= 0.6 is 11.8 Å². The number of rotatable bonds is 11. The normalized spacial score (nSPS) is 23.3. The minimum Gasteiger partial charge on any atom is -0.508 e. The van der Waals surface area contributed by atoms with Crippen molar-refractivity contribution >= 4 is 17.7 Å². The number of hydroxylamine groups is 1. The number of carbonyl (C=O) groups is 1. The Labute approximate surface area is 244 Å². The van der Waals surface area contributed by atoms with Gasteiger partial charge in [0.25, 0.3) is 5.91 Å². The highest BCUT2D eigenvalue weighted by Gasteiger charge is 2.38. The number of nitrogens with one attached hydrogen (secondary N) is 2. The predicted octanol–water partition coefficient (Wildman–Crippen LogP) is 5.15. The van der Waals surface area contributed by atoms with Gasteiger partial charge in [-0.15, -0.1) is 11.8 Å². The molecule has 4 rings (SSSR count). The van der Waals surface area contributed by atoms with Gasteiger partial charge in [0.05, 0.1) is 18.8 Å². The fraction of sp³-hybridized carbons (Fsp3) is 0.594. The van der Waals surface area contributed by atoms with E-state index >= 15 is 0 Å². The molecule has 8 heteroatoms. The van der Waals surface area contributed by atoms with Gasteiger partial charge in [-0.1, -0.05) is 43.5 Å². The summed E-state index contributed by atoms with van der Waals surface area (Å²) in [4.78, 5) is 22.8. The molecule has 0 bridgehead atoms. The maximum Gasteiger partial charge on any atom is 0.252 e. The van der Waals surface area contributed by atoms with Crippen molar-refractivity contribution in [3.8, 4) is 5.75 Å². The first-order valence-corrected chi connectivity index (χ1v) is 15.7. The van der Waals surface area contributed by atoms with Gasteiger partial charge in [0.1, 0.15) is 5.75 Å². The molecule has 2 aliphatic rings. The van der Waals surface area contributed by atoms with Crippen LogP contribution < -0.4 is 10.8 Å². The van der Waals surface area contributed by atoms with Gasteiger partial charge in [-0.25, -0.2) is 0 Å². The zero-order chi connectivity index (χ0) is 28.7. The van der Waals surface area contributed by atoms with Crippen molar-refractivity contribution < 1.29 is 19.8 Å². The topological polar surface area (TPSA) is 94.1 Å². The molecule has 1 aliphatic carbocycles. The Kier molecular flexibility index (Phi) is 10.9. The van der Waals surface area contributed by atoms with Gasteiger partial charge in [0.2, 0.25) is 0 Å². The molecule has 2 fully saturated rings. The van der Waals surface area contributed by atoms with Crippen molar-refractivity contribution in [2.24, 2.45) is 11.8 Å². The molecule has 0 radical (unpaired) electrons. The second-order valence-corrected chi connectivity index (χ2v) is 13.6. The Balaban J connectivity index is 1.49. The van der Waals surface area contributed by atoms with Crippen LogP contribution in [0, 0.1) is 18.8 Å². The number of aromatic hydroxyl groups is 1. The van der Waals surface area contributed by atoms with E-state index in [1.807, 2.05) is 30.3 Å². The Morgan fingerprint density at radius 2 is 1.82 bits per heavy atom. The van der Waals surface area contributed by atoms with Crippen LogP contribution in [-0.2, 0) is 4.84 Å². The Bertz CT molecular complexity index is 1090. The lowest BCUT2D eigenvalue weighted by Gasteiger charge is -2.47. The van der Waals surface area contributed by atoms with E-state index in [1.165, 1.54) is 25.7 Å². The lowest BCUT2D eigenvalue weighted by molar-refractivity contribution is -0.0727. The van der Waals surface area contributed by atoms with Crippen LogP contribution in [0.2, 0.25) is 0 Å². The molecule has 2 aromatic carbocycles. The minimum absolute atomic E-state index is 0.0884. The summed E-state index contributed by atoms with van der Waals surface area (Å²) in [6.07, 6.45) is 5.40. The van der Waals surface area contributed by atoms with Crippen molar-refractivity contribution in [3.63, 3.8) is 0 Å². The highest BCUT2D eigenvalue weighted by molar-refractivity contribution is 7.99. The Hall–Kier alpha value is -2.10. The Morgan fingerprint density at radius 1 is 1.10 bits per heavy atom. The quantitative estimate of drug-likeness (QED) is 0.220. The van der Waals surface area contributed by atoms with Crippen LogP contribution in [0.4, 0.5) is 0 Å². The van der Waals surface area contributed by atoms with Crippen LogP contribution in [0.5, 0.6) is 5.75 Å². The molecule has 40 heavy (non-hydrogen) atoms. The molecule has 1 heterocycles. The number of hydrogen-bond donors (Lipinski definition) is 4. The summed E-state index contributed by atoms with van der Waals surface area (Å²) in [7, 11) is 0. The van der Waals surface area contributed by atoms with Crippen LogP contribution in [0.25, 0.3) is 0 Å². The van der Waals surface area contributed by atoms with Gasteiger partial charge in [0, 0.05) is 46.4 Å². The first-order chi connectivity index (χ1) is 19.1. The number of aliphatic hydroxyl groups is 1. The third-order valence-electron chi connectivity index (χ3n) is 8.21. The number of fused-ring (bicyclic) bond motifs is 1. The molecule has 220 valence electrons. The van der Waals surface area contributed by atoms with E-state index in [9.17, 15) is 15.0 Å². The maximum atomic E-state index is 13.3. The molecule has 4 N–H and O–H groups in total. The van der Waals surface area contributed by atoms with Crippen molar-refractivity contribution in [2.75, 3.05) is 25.4 Å². The van der Waals surface area contributed by atoms with E-state index in [0.717, 1.165) is 17.9 Å². The summed E-state index contributed by atoms with van der Waals surface area (Å²) >= 11 is 1.62. The minimum atomic E-state index is -0.768. The molecule has 7 nitrogen and oxygen atoms in total. The van der Waals surface area contributed by atoms with E-state index < -0.39 is 12.1 Å². The zero-order valence-corrected chi connectivity index (χ0v) is 25.3. The van der Waals surface area contributed by atoms with Crippen molar-refractivity contribution in [2.45, 2.75) is 88.4 Å². The Morgan fingerprint density at radius 3 is 2.55 bits per heavy atom. The average molecular weight is 570 g/mol. The molecule has 1 saturated carbocycles. The van der Waals surface area contributed by atoms with Crippen LogP contribution in [0.1, 0.15) is 68.8 Å². The van der Waals surface area contributed by atoms with Crippen molar-refractivity contribution in [3.05, 3.63) is 59.7 Å². The van der Waals surface area contributed by atoms with Crippen LogP contribution in [0.15, 0.2) is 53.4 Å². The number of likely N-dealkylation sites (tertiary alicyclic amines) is 1. The number of thioether (sulfide) groups is 1. The van der Waals surface area contributed by atoms with Gasteiger partial charge < -0.3 is 15.5 Å². The van der Waals surface area contributed by atoms with Gasteiger partial charge in [-0.05, 0) is 76.6 Å². The van der Waals surface area contributed by atoms with E-state index in [2.05, 4.69) is 36.5 Å². The molecule has 1 saturated heterocycles. The second-order valence-electron chi connectivity index (χ2n) is 12.5. The van der Waals surface area contributed by atoms with Crippen molar-refractivity contribution in [1.29, 1.82) is 0 Å². The van der Waals surface area contributed by atoms with Crippen LogP contribution in [-0.4, -0.2) is 70.2 Å². The molecule has 0 aromatic heterocycles. The molecule has 0 spiro atoms. The van der Waals surface area contributed by atoms with E-state index in [0.29, 0.717) is 41.9 Å². The van der Waals surface area contributed by atoms with Crippen LogP contribution in [0.3, 0.4) is 0 Å². The molecule has 1 amide bonds. The van der Waals surface area contributed by atoms with E-state index in [1.54, 1.807) is 36.9 Å². The summed E-state index contributed by atoms with van der Waals surface area (Å²) in [6, 6.07) is 14.7. The van der Waals surface area contributed by atoms with Crippen molar-refractivity contribution in [1.82, 2.24) is 15.7 Å². The lowest BCUT2D eigenvalue weighted by Crippen LogP contribution is -2.56. The number of piperidine rings is 1. The molecule has 0 unspecified atom stereocenters. The molecule has 2 aromatic rings. The van der Waals surface area contributed by atoms with E-state index in [-0.39, 0.29) is 23.2 Å². The third-order valence-corrected chi connectivity index (χ3v) is 9.34. The number of hydrogen-bond acceptors (Lipinski definition) is 7. The number of nitrogens with zero attached hydrogens (tertiary/aromatic N) is 1. The summed E-state index contributed by atoms with van der Waals surface area (Å²) in [5, 5.41) is 24.9. The summed E-state index contributed by atoms with van der Waals surface area (Å²) in [6.45, 7) is 9.95. The molecular formula is C32H47N3O4S. The maximum absolute atomic E-state index is 13.3. The monoisotopic (exact) mass is 569 g/mol. The number of carbonyl (C=O) groups excluding carboxylic acids is 1. The number of phenols is 1. The fourth-order valence-electron chi connectivity index (χ4n) is 5.97. The summed E-state index contributed by atoms with van der Waals surface area (Å²) < 4.78 is 0. The second kappa shape index (κ2) is 14.2. The lowest BCUT2D eigenvalue weighted by atomic mass is 9.73. The smallest absolute Gasteiger partial charge is 0.252 e. The standard InChI is InChI=1S/C32H47N3O4S/c1-22-27(15-10-16-29(22)36)31(38)33-28(21-40-26-13-6-5-7-14-26)30(37)19-35-18-24-12-9-8-11-23(24)17-25(35)20-39-34-32(2,3)4/h5-7,10,13-16,23-25,28,30,34,36-37H,8-9,11-12,17-21H2,1-4H3,(H,33,38)/t23-,24+,25-,28-,30+/m0/s1. The third kappa shape index (κ3) is 8.70. The molecular weight excluding hydrogens is 522 g/mol. The summed E-state index contributed by atoms with van der Waals surface area (Å²) in [5.41, 5.74) is 3.98. The molecule has 5 atom stereocenters. The number of phenolic OH excluding ortho intramolecular Hbond substituents is 1. The largest absolute Gasteiger partial charge is 0.508 e. The highest BCUT2D eigenvalue weighted by atomic mass is 32.2. The zero-order valence-electron chi connectivity index (χ0n) is 24.4. The van der Waals surface area contributed by atoms with Gasteiger partial charge in [0.15, 0.2) is 0 Å².